The van der Waals surface area contributed by atoms with Gasteiger partial charge in [0.15, 0.2) is 11.2 Å². The second-order valence-electron chi connectivity index (χ2n) is 27.2. The van der Waals surface area contributed by atoms with Gasteiger partial charge in [-0.3, -0.25) is 0 Å². The fourth-order valence-corrected chi connectivity index (χ4v) is 15.5. The van der Waals surface area contributed by atoms with E-state index < -0.39 is 0 Å². The Morgan fingerprint density at radius 1 is 0.272 bits per heavy atom. The number of aromatic nitrogens is 2. The molecule has 0 atom stereocenters. The number of anilines is 6. The van der Waals surface area contributed by atoms with Crippen molar-refractivity contribution in [3.8, 4) is 22.3 Å². The molecule has 0 aliphatic rings. The van der Waals surface area contributed by atoms with Crippen LogP contribution in [0.2, 0.25) is 0 Å². The topological polar surface area (TPSA) is 41.6 Å². The van der Waals surface area contributed by atoms with Crippen LogP contribution in [0.15, 0.2) is 276 Å². The van der Waals surface area contributed by atoms with E-state index in [4.69, 9.17) is 8.83 Å². The van der Waals surface area contributed by atoms with Crippen molar-refractivity contribution < 1.29 is 8.83 Å². The Labute approximate surface area is 531 Å². The van der Waals surface area contributed by atoms with Crippen LogP contribution in [-0.4, -0.2) is 8.80 Å². The van der Waals surface area contributed by atoms with Gasteiger partial charge in [0, 0.05) is 75.8 Å². The van der Waals surface area contributed by atoms with Crippen molar-refractivity contribution in [2.24, 2.45) is 0 Å². The highest BCUT2D eigenvalue weighted by molar-refractivity contribution is 6.33. The number of nitrogens with zero attached hydrogens (tertiary/aromatic N) is 4. The highest BCUT2D eigenvalue weighted by Gasteiger charge is 2.32. The Morgan fingerprint density at radius 2 is 0.652 bits per heavy atom. The van der Waals surface area contributed by atoms with Crippen LogP contribution >= 0.6 is 0 Å². The van der Waals surface area contributed by atoms with Gasteiger partial charge < -0.3 is 27.4 Å². The largest absolute Gasteiger partial charge is 0.454 e. The minimum atomic E-state index is -0.109. The molecular formula is C86H62N4O2. The van der Waals surface area contributed by atoms with Crippen LogP contribution < -0.4 is 9.80 Å². The molecule has 0 fully saturated rings. The Kier molecular flexibility index (Phi) is 10.9. The van der Waals surface area contributed by atoms with E-state index in [1.54, 1.807) is 0 Å². The molecule has 438 valence electrons. The number of hydrogen-bond donors (Lipinski definition) is 0. The molecule has 0 radical (unpaired) electrons. The number of hydrogen-bond acceptors (Lipinski definition) is 4. The van der Waals surface area contributed by atoms with Gasteiger partial charge in [-0.25, -0.2) is 0 Å². The van der Waals surface area contributed by atoms with E-state index in [2.05, 4.69) is 327 Å². The lowest BCUT2D eigenvalue weighted by molar-refractivity contribution is 0.591. The fourth-order valence-electron chi connectivity index (χ4n) is 15.5. The molecule has 0 aliphatic carbocycles. The first-order valence-electron chi connectivity index (χ1n) is 32.1. The van der Waals surface area contributed by atoms with Gasteiger partial charge in [-0.15, -0.1) is 0 Å². The quantitative estimate of drug-likeness (QED) is 0.152. The highest BCUT2D eigenvalue weighted by Crippen LogP contribution is 2.55. The second kappa shape index (κ2) is 19.1. The molecule has 6 aromatic heterocycles. The summed E-state index contributed by atoms with van der Waals surface area (Å²) in [6.07, 6.45) is 0. The summed E-state index contributed by atoms with van der Waals surface area (Å²) < 4.78 is 19.2. The lowest BCUT2D eigenvalue weighted by Crippen LogP contribution is -2.12. The van der Waals surface area contributed by atoms with Crippen molar-refractivity contribution in [2.45, 2.75) is 52.4 Å². The zero-order valence-corrected chi connectivity index (χ0v) is 52.0. The van der Waals surface area contributed by atoms with Gasteiger partial charge in [-0.1, -0.05) is 224 Å². The van der Waals surface area contributed by atoms with Crippen LogP contribution in [0.25, 0.3) is 142 Å². The van der Waals surface area contributed by atoms with Crippen LogP contribution in [0.4, 0.5) is 34.1 Å². The Hall–Kier alpha value is -11.3. The third kappa shape index (κ3) is 7.43. The molecule has 0 saturated carbocycles. The molecule has 0 N–H and O–H groups in total. The van der Waals surface area contributed by atoms with Gasteiger partial charge in [0.2, 0.25) is 0 Å². The van der Waals surface area contributed by atoms with Crippen LogP contribution in [-0.2, 0) is 10.8 Å². The summed E-state index contributed by atoms with van der Waals surface area (Å²) >= 11 is 0. The van der Waals surface area contributed by atoms with Crippen LogP contribution in [0, 0.1) is 0 Å². The average molecular weight is 1180 g/mol. The molecule has 13 aromatic carbocycles. The van der Waals surface area contributed by atoms with E-state index in [-0.39, 0.29) is 10.8 Å². The van der Waals surface area contributed by atoms with Gasteiger partial charge in [0.25, 0.3) is 0 Å². The number of benzene rings is 13. The predicted octanol–water partition coefficient (Wildman–Crippen LogP) is 24.7. The molecular weight excluding hydrogens is 1120 g/mol. The Bertz CT molecular complexity index is 5840. The molecule has 0 bridgehead atoms. The lowest BCUT2D eigenvalue weighted by Gasteiger charge is -2.29. The normalized spacial score (nSPS) is 12.7. The smallest absolute Gasteiger partial charge is 0.159 e. The summed E-state index contributed by atoms with van der Waals surface area (Å²) in [4.78, 5) is 4.97. The molecule has 0 saturated heterocycles. The SMILES string of the molecule is CC(C)(C)c1ccc2c(c1)c1c(N(c3ccccc3-c3ccccc3)c3cccc4c3oc3ccccc34)ccc3c4cc5c(cc4n2c31)c1ccc(N(c2ccccc2-c2ccccc2)c2cccc3c2oc2ccccc23)c2c3cc(C(C)(C)C)ccc3n5c12. The summed E-state index contributed by atoms with van der Waals surface area (Å²) in [7, 11) is 0. The average Bonchev–Trinajstić information content (AvgIpc) is 1.51. The molecule has 6 nitrogen and oxygen atoms in total. The Morgan fingerprint density at radius 3 is 1.09 bits per heavy atom. The van der Waals surface area contributed by atoms with Gasteiger partial charge in [-0.05, 0) is 118 Å². The zero-order chi connectivity index (χ0) is 61.5. The molecule has 0 aliphatic heterocycles. The minimum Gasteiger partial charge on any atom is -0.454 e. The Balaban J connectivity index is 0.926. The third-order valence-corrected chi connectivity index (χ3v) is 19.9. The van der Waals surface area contributed by atoms with E-state index in [0.29, 0.717) is 0 Å². The molecule has 19 aromatic rings. The van der Waals surface area contributed by atoms with E-state index >= 15 is 0 Å². The number of rotatable bonds is 8. The first kappa shape index (κ1) is 52.6. The van der Waals surface area contributed by atoms with E-state index in [0.717, 1.165) is 100 Å². The predicted molar refractivity (Wildman–Crippen MR) is 388 cm³/mol. The fraction of sp³-hybridized carbons (Fsp3) is 0.0930. The van der Waals surface area contributed by atoms with Gasteiger partial charge in [0.05, 0.1) is 67.2 Å². The highest BCUT2D eigenvalue weighted by atomic mass is 16.3. The van der Waals surface area contributed by atoms with Crippen LogP contribution in [0.5, 0.6) is 0 Å². The van der Waals surface area contributed by atoms with Crippen LogP contribution in [0.1, 0.15) is 52.7 Å². The van der Waals surface area contributed by atoms with Crippen molar-refractivity contribution in [3.05, 3.63) is 278 Å². The van der Waals surface area contributed by atoms with E-state index in [9.17, 15) is 0 Å². The van der Waals surface area contributed by atoms with Crippen molar-refractivity contribution in [3.63, 3.8) is 0 Å². The van der Waals surface area contributed by atoms with Gasteiger partial charge in [0.1, 0.15) is 11.2 Å². The molecule has 6 heteroatoms. The monoisotopic (exact) mass is 1180 g/mol. The molecule has 92 heavy (non-hydrogen) atoms. The van der Waals surface area contributed by atoms with Crippen molar-refractivity contribution >= 4 is 154 Å². The molecule has 0 unspecified atom stereocenters. The maximum absolute atomic E-state index is 7.01. The first-order chi connectivity index (χ1) is 44.9. The number of furan rings is 2. The molecule has 19 rings (SSSR count). The maximum Gasteiger partial charge on any atom is 0.159 e. The van der Waals surface area contributed by atoms with Crippen molar-refractivity contribution in [1.29, 1.82) is 0 Å². The van der Waals surface area contributed by atoms with Gasteiger partial charge in [-0.2, -0.15) is 0 Å². The van der Waals surface area contributed by atoms with E-state index in [1.165, 1.54) is 87.3 Å². The lowest BCUT2D eigenvalue weighted by atomic mass is 9.86. The standard InChI is InChI=1S/C86H62N4O2/c1-85(2,3)53-39-43-69-65(47-53)79-71(87(67-33-17-13-27-55(67)51-23-9-7-10-24-51)73-35-21-31-61-57-29-15-19-37-77(57)91-83(61)73)45-41-59-63-50-76-64(49-75(63)89(69)81(59)79)60-42-46-72(80-66-48-54(86(4,5)6)40-44-70(66)90(76)82(60)80)88(68-34-18-14-28-56(68)52-25-11-8-12-26-52)74-36-22-32-62-58-30-16-20-38-78(58)92-84(62)74/h7-50H,1-6H3. The molecule has 0 amide bonds. The molecule has 0 spiro atoms. The van der Waals surface area contributed by atoms with Crippen molar-refractivity contribution in [1.82, 2.24) is 8.80 Å². The molecule has 6 heterocycles. The van der Waals surface area contributed by atoms with E-state index in [1.807, 2.05) is 0 Å². The third-order valence-electron chi connectivity index (χ3n) is 19.9. The number of para-hydroxylation sites is 6. The van der Waals surface area contributed by atoms with Gasteiger partial charge >= 0.3 is 0 Å². The summed E-state index contributed by atoms with van der Waals surface area (Å²) in [5.74, 6) is 0. The van der Waals surface area contributed by atoms with Crippen molar-refractivity contribution in [2.75, 3.05) is 9.80 Å². The summed E-state index contributed by atoms with van der Waals surface area (Å²) in [6.45, 7) is 13.9. The minimum absolute atomic E-state index is 0.109. The first-order valence-corrected chi connectivity index (χ1v) is 32.1. The summed E-state index contributed by atoms with van der Waals surface area (Å²) in [6, 6.07) is 98.4. The van der Waals surface area contributed by atoms with Crippen LogP contribution in [0.3, 0.4) is 0 Å². The second-order valence-corrected chi connectivity index (χ2v) is 27.2. The number of fused-ring (bicyclic) bond motifs is 18. The maximum atomic E-state index is 7.01. The summed E-state index contributed by atoms with van der Waals surface area (Å²) in [5.41, 5.74) is 23.6. The summed E-state index contributed by atoms with van der Waals surface area (Å²) in [5, 5.41) is 14.0. The zero-order valence-electron chi connectivity index (χ0n) is 52.0.